The minimum atomic E-state index is -0.182. The van der Waals surface area contributed by atoms with Gasteiger partial charge in [-0.25, -0.2) is 4.39 Å². The van der Waals surface area contributed by atoms with Crippen LogP contribution >= 0.6 is 0 Å². The lowest BCUT2D eigenvalue weighted by atomic mass is 9.88. The van der Waals surface area contributed by atoms with Gasteiger partial charge in [-0.3, -0.25) is 4.79 Å². The Morgan fingerprint density at radius 1 is 1.32 bits per heavy atom. The maximum absolute atomic E-state index is 13.8. The third-order valence-corrected chi connectivity index (χ3v) is 6.17. The Morgan fingerprint density at radius 2 is 2.04 bits per heavy atom. The summed E-state index contributed by atoms with van der Waals surface area (Å²) < 4.78 is 13.8. The highest BCUT2D eigenvalue weighted by Gasteiger charge is 2.48. The van der Waals surface area contributed by atoms with Crippen LogP contribution in [0.25, 0.3) is 0 Å². The van der Waals surface area contributed by atoms with Crippen LogP contribution in [-0.4, -0.2) is 35.5 Å². The summed E-state index contributed by atoms with van der Waals surface area (Å²) in [4.78, 5) is 17.3. The molecule has 2 fully saturated rings. The summed E-state index contributed by atoms with van der Waals surface area (Å²) in [5.74, 6) is 0.763. The highest BCUT2D eigenvalue weighted by molar-refractivity contribution is 5.79. The molecule has 1 aromatic carbocycles. The fraction of sp³-hybridized carbons (Fsp3) is 0.667. The molecular weight excluding hydrogens is 315 g/mol. The zero-order valence-electron chi connectivity index (χ0n) is 16.0. The summed E-state index contributed by atoms with van der Waals surface area (Å²) in [7, 11) is 0. The van der Waals surface area contributed by atoms with Gasteiger partial charge in [0.2, 0.25) is 5.91 Å². The van der Waals surface area contributed by atoms with E-state index >= 15 is 0 Å². The van der Waals surface area contributed by atoms with E-state index in [4.69, 9.17) is 0 Å². The van der Waals surface area contributed by atoms with E-state index in [0.29, 0.717) is 17.9 Å². The fourth-order valence-corrected chi connectivity index (χ4v) is 5.01. The molecule has 2 heterocycles. The van der Waals surface area contributed by atoms with Crippen molar-refractivity contribution >= 4 is 11.6 Å². The Bertz CT molecular complexity index is 626. The highest BCUT2D eigenvalue weighted by Crippen LogP contribution is 2.44. The van der Waals surface area contributed by atoms with Crippen LogP contribution < -0.4 is 4.90 Å². The number of carbonyl (C=O) groups excluding carboxylic acids is 1. The molecule has 2 saturated heterocycles. The van der Waals surface area contributed by atoms with Gasteiger partial charge in [0.15, 0.2) is 0 Å². The van der Waals surface area contributed by atoms with Gasteiger partial charge < -0.3 is 9.80 Å². The predicted octanol–water partition coefficient (Wildman–Crippen LogP) is 4.47. The van der Waals surface area contributed by atoms with Crippen LogP contribution in [0.4, 0.5) is 10.1 Å². The molecule has 4 heteroatoms. The number of likely N-dealkylation sites (tertiary alicyclic amines) is 1. The van der Waals surface area contributed by atoms with Crippen molar-refractivity contribution in [2.75, 3.05) is 18.0 Å². The van der Waals surface area contributed by atoms with Crippen LogP contribution in [0.15, 0.2) is 24.3 Å². The van der Waals surface area contributed by atoms with Crippen molar-refractivity contribution < 1.29 is 9.18 Å². The van der Waals surface area contributed by atoms with E-state index in [0.717, 1.165) is 44.5 Å². The number of benzene rings is 1. The molecular formula is C21H31FN2O. The van der Waals surface area contributed by atoms with E-state index in [1.54, 1.807) is 12.1 Å². The molecule has 3 nitrogen and oxygen atoms in total. The zero-order valence-corrected chi connectivity index (χ0v) is 16.0. The number of hydrogen-bond acceptors (Lipinski definition) is 2. The minimum absolute atomic E-state index is 0.0168. The first-order chi connectivity index (χ1) is 11.9. The van der Waals surface area contributed by atoms with Gasteiger partial charge >= 0.3 is 0 Å². The molecule has 25 heavy (non-hydrogen) atoms. The minimum Gasteiger partial charge on any atom is -0.363 e. The first-order valence-electron chi connectivity index (χ1n) is 9.71. The molecule has 0 spiro atoms. The van der Waals surface area contributed by atoms with Crippen LogP contribution in [0.2, 0.25) is 0 Å². The fourth-order valence-electron chi connectivity index (χ4n) is 5.01. The predicted molar refractivity (Wildman–Crippen MR) is 100 cm³/mol. The Labute approximate surface area is 151 Å². The number of halogens is 1. The molecule has 1 aromatic rings. The van der Waals surface area contributed by atoms with Gasteiger partial charge in [0.05, 0.1) is 0 Å². The second-order valence-electron chi connectivity index (χ2n) is 8.28. The number of hydrogen-bond donors (Lipinski definition) is 0. The zero-order chi connectivity index (χ0) is 18.2. The van der Waals surface area contributed by atoms with Crippen LogP contribution in [0.3, 0.4) is 0 Å². The number of amides is 1. The molecule has 0 aromatic heterocycles. The first kappa shape index (κ1) is 18.2. The van der Waals surface area contributed by atoms with Crippen molar-refractivity contribution in [3.05, 3.63) is 30.1 Å². The van der Waals surface area contributed by atoms with Gasteiger partial charge in [0.1, 0.15) is 5.82 Å². The third-order valence-electron chi connectivity index (χ3n) is 6.17. The Balaban J connectivity index is 1.79. The molecule has 2 aliphatic heterocycles. The van der Waals surface area contributed by atoms with Gasteiger partial charge in [-0.05, 0) is 63.6 Å². The van der Waals surface area contributed by atoms with Crippen LogP contribution in [0.1, 0.15) is 53.4 Å². The standard InChI is InChI=1S/C21H31FN2O/c1-5-15(6-2)20(25)23-11-10-19-16(14-23)13-21(3,4)24(19)18-9-7-8-17(22)12-18/h7-9,12,15-16,19H,5-6,10-11,13-14H2,1-4H3/t16-,19+/m1/s1. The average Bonchev–Trinajstić information content (AvgIpc) is 2.84. The van der Waals surface area contributed by atoms with Crippen molar-refractivity contribution in [1.82, 2.24) is 4.90 Å². The number of fused-ring (bicyclic) bond motifs is 1. The van der Waals surface area contributed by atoms with Gasteiger partial charge in [0.25, 0.3) is 0 Å². The smallest absolute Gasteiger partial charge is 0.225 e. The van der Waals surface area contributed by atoms with E-state index in [1.807, 2.05) is 6.07 Å². The summed E-state index contributed by atoms with van der Waals surface area (Å²) in [5, 5.41) is 0. The van der Waals surface area contributed by atoms with Crippen LogP contribution in [0, 0.1) is 17.7 Å². The Morgan fingerprint density at radius 3 is 2.68 bits per heavy atom. The van der Waals surface area contributed by atoms with Gasteiger partial charge in [-0.2, -0.15) is 0 Å². The van der Waals surface area contributed by atoms with Gasteiger partial charge in [0, 0.05) is 36.3 Å². The Kier molecular flexibility index (Phi) is 5.08. The van der Waals surface area contributed by atoms with E-state index in [9.17, 15) is 9.18 Å². The SMILES string of the molecule is CCC(CC)C(=O)N1CC[C@H]2[C@@H](C1)CC(C)(C)N2c1cccc(F)c1. The molecule has 2 aliphatic rings. The van der Waals surface area contributed by atoms with Crippen LogP contribution in [0.5, 0.6) is 0 Å². The van der Waals surface area contributed by atoms with E-state index in [1.165, 1.54) is 6.07 Å². The maximum atomic E-state index is 13.8. The summed E-state index contributed by atoms with van der Waals surface area (Å²) in [5.41, 5.74) is 0.953. The van der Waals surface area contributed by atoms with Gasteiger partial charge in [-0.15, -0.1) is 0 Å². The summed E-state index contributed by atoms with van der Waals surface area (Å²) >= 11 is 0. The molecule has 0 unspecified atom stereocenters. The monoisotopic (exact) mass is 346 g/mol. The van der Waals surface area contributed by atoms with Crippen molar-refractivity contribution in [2.45, 2.75) is 65.0 Å². The second-order valence-corrected chi connectivity index (χ2v) is 8.28. The molecule has 0 radical (unpaired) electrons. The maximum Gasteiger partial charge on any atom is 0.225 e. The molecule has 0 saturated carbocycles. The largest absolute Gasteiger partial charge is 0.363 e. The number of anilines is 1. The van der Waals surface area contributed by atoms with Crippen molar-refractivity contribution in [3.63, 3.8) is 0 Å². The normalized spacial score (nSPS) is 25.4. The first-order valence-corrected chi connectivity index (χ1v) is 9.71. The van der Waals surface area contributed by atoms with E-state index < -0.39 is 0 Å². The molecule has 0 aliphatic carbocycles. The highest BCUT2D eigenvalue weighted by atomic mass is 19.1. The lowest BCUT2D eigenvalue weighted by molar-refractivity contribution is -0.137. The van der Waals surface area contributed by atoms with Crippen molar-refractivity contribution in [2.24, 2.45) is 11.8 Å². The molecule has 2 atom stereocenters. The summed E-state index contributed by atoms with van der Waals surface area (Å²) in [6.45, 7) is 10.3. The van der Waals surface area contributed by atoms with E-state index in [-0.39, 0.29) is 17.3 Å². The average molecular weight is 346 g/mol. The van der Waals surface area contributed by atoms with E-state index in [2.05, 4.69) is 37.5 Å². The number of carbonyl (C=O) groups is 1. The number of rotatable bonds is 4. The molecule has 138 valence electrons. The number of piperidine rings is 1. The van der Waals surface area contributed by atoms with Crippen molar-refractivity contribution in [3.8, 4) is 0 Å². The quantitative estimate of drug-likeness (QED) is 0.803. The molecule has 0 bridgehead atoms. The summed E-state index contributed by atoms with van der Waals surface area (Å²) in [6.07, 6.45) is 3.85. The topological polar surface area (TPSA) is 23.6 Å². The summed E-state index contributed by atoms with van der Waals surface area (Å²) in [6, 6.07) is 7.34. The molecule has 3 rings (SSSR count). The number of nitrogens with zero attached hydrogens (tertiary/aromatic N) is 2. The lowest BCUT2D eigenvalue weighted by Crippen LogP contribution is -2.51. The second kappa shape index (κ2) is 6.97. The van der Waals surface area contributed by atoms with Crippen LogP contribution in [-0.2, 0) is 4.79 Å². The van der Waals surface area contributed by atoms with Crippen molar-refractivity contribution in [1.29, 1.82) is 0 Å². The molecule has 0 N–H and O–H groups in total. The van der Waals surface area contributed by atoms with Gasteiger partial charge in [-0.1, -0.05) is 19.9 Å². The Hall–Kier alpha value is -1.58. The third kappa shape index (κ3) is 3.40. The lowest BCUT2D eigenvalue weighted by Gasteiger charge is -2.42. The molecule has 1 amide bonds.